The minimum absolute atomic E-state index is 0. The van der Waals surface area contributed by atoms with Gasteiger partial charge in [-0.3, -0.25) is 0 Å². The number of aliphatic carboxylic acids is 1. The third-order valence-electron chi connectivity index (χ3n) is 3.94. The molecule has 0 radical (unpaired) electrons. The zero-order valence-electron chi connectivity index (χ0n) is 16.1. The smallest absolute Gasteiger partial charge is 0.550 e. The molecular weight excluding hydrogens is 469 g/mol. The molecule has 0 aliphatic heterocycles. The van der Waals surface area contributed by atoms with Crippen LogP contribution in [0.1, 0.15) is 17.5 Å². The van der Waals surface area contributed by atoms with Crippen LogP contribution in [0.15, 0.2) is 36.4 Å². The molecule has 0 aliphatic rings. The van der Waals surface area contributed by atoms with E-state index < -0.39 is 34.1 Å². The van der Waals surface area contributed by atoms with Crippen LogP contribution in [-0.2, 0) is 27.7 Å². The van der Waals surface area contributed by atoms with Crippen molar-refractivity contribution >= 4 is 39.0 Å². The summed E-state index contributed by atoms with van der Waals surface area (Å²) in [6.45, 7) is 0.0844. The van der Waals surface area contributed by atoms with Gasteiger partial charge in [-0.2, -0.15) is 0 Å². The van der Waals surface area contributed by atoms with Gasteiger partial charge >= 0.3 is 29.6 Å². The van der Waals surface area contributed by atoms with E-state index in [1.54, 1.807) is 12.1 Å². The molecule has 11 heteroatoms. The molecule has 0 saturated heterocycles. The number of rotatable bonds is 10. The normalized spacial score (nSPS) is 12.1. The first-order valence-electron chi connectivity index (χ1n) is 8.49. The summed E-state index contributed by atoms with van der Waals surface area (Å²) >= 11 is 12.2. The van der Waals surface area contributed by atoms with Crippen molar-refractivity contribution in [3.8, 4) is 5.75 Å². The number of aliphatic hydroxyl groups excluding tert-OH is 1. The summed E-state index contributed by atoms with van der Waals surface area (Å²) in [4.78, 5) is 10.5. The molecule has 158 valence electrons. The molecule has 0 aromatic heterocycles. The Morgan fingerprint density at radius 3 is 2.43 bits per heavy atom. The summed E-state index contributed by atoms with van der Waals surface area (Å²) < 4.78 is 43.1. The molecular formula is C19H18Cl2FNaO6S. The first-order valence-corrected chi connectivity index (χ1v) is 11.1. The Morgan fingerprint density at radius 2 is 1.83 bits per heavy atom. The molecule has 30 heavy (non-hydrogen) atoms. The van der Waals surface area contributed by atoms with Gasteiger partial charge in [-0.1, -0.05) is 35.3 Å². The third-order valence-corrected chi connectivity index (χ3v) is 6.21. The van der Waals surface area contributed by atoms with E-state index in [9.17, 15) is 27.8 Å². The number of ether oxygens (including phenoxy) is 1. The van der Waals surface area contributed by atoms with Crippen LogP contribution >= 0.6 is 23.2 Å². The van der Waals surface area contributed by atoms with Crippen molar-refractivity contribution in [2.24, 2.45) is 0 Å². The van der Waals surface area contributed by atoms with E-state index in [1.807, 2.05) is 0 Å². The molecule has 0 amide bonds. The van der Waals surface area contributed by atoms with Crippen molar-refractivity contribution in [1.82, 2.24) is 0 Å². The molecule has 0 fully saturated rings. The maximum atomic E-state index is 13.0. The van der Waals surface area contributed by atoms with Crippen LogP contribution < -0.4 is 39.4 Å². The average Bonchev–Trinajstić information content (AvgIpc) is 2.58. The zero-order valence-corrected chi connectivity index (χ0v) is 20.4. The maximum absolute atomic E-state index is 13.0. The Kier molecular flexibility index (Phi) is 11.1. The summed E-state index contributed by atoms with van der Waals surface area (Å²) in [6, 6.07) is 8.60. The second kappa shape index (κ2) is 12.2. The van der Waals surface area contributed by atoms with Gasteiger partial charge in [0, 0.05) is 28.0 Å². The van der Waals surface area contributed by atoms with Gasteiger partial charge in [0.2, 0.25) is 0 Å². The first kappa shape index (κ1) is 27.2. The fraction of sp³-hybridized carbons (Fsp3) is 0.316. The average molecular weight is 487 g/mol. The Hall–Kier alpha value is -0.870. The number of sulfone groups is 1. The predicted molar refractivity (Wildman–Crippen MR) is 105 cm³/mol. The van der Waals surface area contributed by atoms with E-state index in [4.69, 9.17) is 27.9 Å². The third kappa shape index (κ3) is 9.09. The molecule has 1 N–H and O–H groups in total. The molecule has 6 nitrogen and oxygen atoms in total. The monoisotopic (exact) mass is 486 g/mol. The Balaban J connectivity index is 0.00000450. The second-order valence-corrected chi connectivity index (χ2v) is 9.45. The van der Waals surface area contributed by atoms with Gasteiger partial charge in [0.05, 0.1) is 17.6 Å². The summed E-state index contributed by atoms with van der Waals surface area (Å²) in [5.41, 5.74) is 1.09. The number of hydrogen-bond acceptors (Lipinski definition) is 6. The minimum Gasteiger partial charge on any atom is -0.550 e. The molecule has 0 spiro atoms. The second-order valence-electron chi connectivity index (χ2n) is 6.37. The van der Waals surface area contributed by atoms with Gasteiger partial charge in [-0.25, -0.2) is 12.8 Å². The van der Waals surface area contributed by atoms with E-state index in [1.165, 1.54) is 24.3 Å². The Labute approximate surface area is 206 Å². The van der Waals surface area contributed by atoms with Crippen molar-refractivity contribution in [3.05, 3.63) is 63.4 Å². The van der Waals surface area contributed by atoms with Gasteiger partial charge in [0.15, 0.2) is 9.84 Å². The number of carbonyl (C=O) groups is 1. The number of carboxylic acid groups (broad SMARTS) is 1. The van der Waals surface area contributed by atoms with Crippen molar-refractivity contribution in [2.75, 3.05) is 11.5 Å². The SMILES string of the molecule is O=C([O-])CC(O)CS(=O)(=O)CCc1c(Cl)cc(Cl)cc1OCc1ccc(F)cc1.[Na+]. The summed E-state index contributed by atoms with van der Waals surface area (Å²) in [5.74, 6) is -2.74. The van der Waals surface area contributed by atoms with Crippen molar-refractivity contribution < 1.29 is 62.1 Å². The van der Waals surface area contributed by atoms with Gasteiger partial charge in [0.25, 0.3) is 0 Å². The predicted octanol–water partition coefficient (Wildman–Crippen LogP) is -0.826. The fourth-order valence-electron chi connectivity index (χ4n) is 2.58. The molecule has 0 saturated carbocycles. The number of benzene rings is 2. The zero-order chi connectivity index (χ0) is 21.6. The van der Waals surface area contributed by atoms with Crippen LogP contribution in [-0.4, -0.2) is 37.1 Å². The van der Waals surface area contributed by atoms with Crippen LogP contribution in [0.5, 0.6) is 5.75 Å². The van der Waals surface area contributed by atoms with Gasteiger partial charge < -0.3 is 19.7 Å². The summed E-state index contributed by atoms with van der Waals surface area (Å²) in [5, 5.41) is 20.5. The number of hydrogen-bond donors (Lipinski definition) is 1. The van der Waals surface area contributed by atoms with Gasteiger partial charge in [-0.05, 0) is 36.2 Å². The minimum atomic E-state index is -3.77. The summed E-state index contributed by atoms with van der Waals surface area (Å²) in [6.07, 6.45) is -2.36. The van der Waals surface area contributed by atoms with Crippen LogP contribution in [0.3, 0.4) is 0 Å². The van der Waals surface area contributed by atoms with Crippen molar-refractivity contribution in [3.63, 3.8) is 0 Å². The maximum Gasteiger partial charge on any atom is 1.00 e. The Morgan fingerprint density at radius 1 is 1.20 bits per heavy atom. The van der Waals surface area contributed by atoms with E-state index in [0.717, 1.165) is 0 Å². The number of aliphatic hydroxyl groups is 1. The molecule has 2 aromatic carbocycles. The topological polar surface area (TPSA) is 104 Å². The molecule has 2 aromatic rings. The van der Waals surface area contributed by atoms with Crippen LogP contribution in [0, 0.1) is 5.82 Å². The van der Waals surface area contributed by atoms with Crippen LogP contribution in [0.25, 0.3) is 0 Å². The largest absolute Gasteiger partial charge is 1.00 e. The first-order chi connectivity index (χ1) is 13.6. The molecule has 0 heterocycles. The Bertz CT molecular complexity index is 970. The van der Waals surface area contributed by atoms with E-state index in [2.05, 4.69) is 0 Å². The number of carbonyl (C=O) groups excluding carboxylic acids is 1. The van der Waals surface area contributed by atoms with Crippen molar-refractivity contribution in [1.29, 1.82) is 0 Å². The fourth-order valence-corrected chi connectivity index (χ4v) is 4.53. The van der Waals surface area contributed by atoms with E-state index in [0.29, 0.717) is 16.1 Å². The molecule has 0 aliphatic carbocycles. The van der Waals surface area contributed by atoms with Crippen molar-refractivity contribution in [2.45, 2.75) is 25.6 Å². The molecule has 2 rings (SSSR count). The standard InChI is InChI=1S/C19H19Cl2FO6S.Na/c20-13-7-17(21)16(5-6-29(26,27)11-15(23)9-19(24)25)18(8-13)28-10-12-1-3-14(22)4-2-12;/h1-4,7-8,15,23H,5-6,9-11H2,(H,24,25);/q;+1/p-1. The molecule has 1 atom stereocenters. The van der Waals surface area contributed by atoms with E-state index in [-0.39, 0.29) is 64.9 Å². The summed E-state index contributed by atoms with van der Waals surface area (Å²) in [7, 11) is -3.77. The molecule has 1 unspecified atom stereocenters. The quantitative estimate of drug-likeness (QED) is 0.439. The number of carboxylic acids is 1. The van der Waals surface area contributed by atoms with Gasteiger partial charge in [-0.15, -0.1) is 0 Å². The number of halogens is 3. The van der Waals surface area contributed by atoms with E-state index >= 15 is 0 Å². The van der Waals surface area contributed by atoms with Crippen LogP contribution in [0.2, 0.25) is 10.0 Å². The van der Waals surface area contributed by atoms with Gasteiger partial charge in [0.1, 0.15) is 18.2 Å². The van der Waals surface area contributed by atoms with Crippen LogP contribution in [0.4, 0.5) is 4.39 Å². The molecule has 0 bridgehead atoms.